The van der Waals surface area contributed by atoms with E-state index in [0.717, 1.165) is 35.2 Å². The van der Waals surface area contributed by atoms with Gasteiger partial charge in [-0.15, -0.1) is 11.3 Å². The molecule has 0 saturated heterocycles. The average Bonchev–Trinajstić information content (AvgIpc) is 2.95. The number of aryl methyl sites for hydroxylation is 1. The zero-order valence-corrected chi connectivity index (χ0v) is 16.8. The SMILES string of the molecule is CC(C)(C)NC(=O)c1sc2nc3c(cc2c1N)CC(c1ccccc1)CC3. The number of nitrogens with two attached hydrogens (primary N) is 1. The molecule has 3 N–H and O–H groups in total. The molecular formula is C22H25N3OS. The first-order chi connectivity index (χ1) is 12.8. The number of hydrogen-bond donors (Lipinski definition) is 2. The molecule has 2 aromatic heterocycles. The normalized spacial score (nSPS) is 16.9. The van der Waals surface area contributed by atoms with Crippen LogP contribution in [0.3, 0.4) is 0 Å². The fourth-order valence-electron chi connectivity index (χ4n) is 3.77. The number of rotatable bonds is 2. The van der Waals surface area contributed by atoms with Gasteiger partial charge in [0.05, 0.1) is 5.69 Å². The molecule has 0 spiro atoms. The minimum absolute atomic E-state index is 0.122. The van der Waals surface area contributed by atoms with Crippen molar-refractivity contribution in [2.75, 3.05) is 5.73 Å². The van der Waals surface area contributed by atoms with Gasteiger partial charge in [-0.3, -0.25) is 4.79 Å². The molecule has 4 nitrogen and oxygen atoms in total. The molecule has 4 rings (SSSR count). The zero-order valence-electron chi connectivity index (χ0n) is 16.0. The number of hydrogen-bond acceptors (Lipinski definition) is 4. The van der Waals surface area contributed by atoms with Gasteiger partial charge in [0.2, 0.25) is 0 Å². The number of aromatic nitrogens is 1. The summed E-state index contributed by atoms with van der Waals surface area (Å²) in [6, 6.07) is 12.8. The van der Waals surface area contributed by atoms with Crippen LogP contribution < -0.4 is 11.1 Å². The summed E-state index contributed by atoms with van der Waals surface area (Å²) in [5, 5.41) is 3.91. The van der Waals surface area contributed by atoms with Gasteiger partial charge in [0, 0.05) is 16.6 Å². The Balaban J connectivity index is 1.69. The van der Waals surface area contributed by atoms with Gasteiger partial charge in [0.15, 0.2) is 0 Å². The fraction of sp³-hybridized carbons (Fsp3) is 0.364. The number of thiophene rings is 1. The first-order valence-corrected chi connectivity index (χ1v) is 10.2. The number of amides is 1. The molecule has 0 fully saturated rings. The molecule has 27 heavy (non-hydrogen) atoms. The van der Waals surface area contributed by atoms with Crippen molar-refractivity contribution in [3.05, 3.63) is 58.1 Å². The number of carbonyl (C=O) groups excluding carboxylic acids is 1. The molecule has 140 valence electrons. The van der Waals surface area contributed by atoms with Crippen LogP contribution in [0, 0.1) is 0 Å². The lowest BCUT2D eigenvalue weighted by Gasteiger charge is -2.24. The first-order valence-electron chi connectivity index (χ1n) is 9.40. The van der Waals surface area contributed by atoms with Gasteiger partial charge in [0.25, 0.3) is 5.91 Å². The maximum Gasteiger partial charge on any atom is 0.263 e. The molecule has 1 unspecified atom stereocenters. The molecule has 1 aromatic carbocycles. The third kappa shape index (κ3) is 3.56. The summed E-state index contributed by atoms with van der Waals surface area (Å²) in [6.45, 7) is 5.90. The smallest absolute Gasteiger partial charge is 0.263 e. The second-order valence-corrected chi connectivity index (χ2v) is 9.35. The van der Waals surface area contributed by atoms with E-state index in [9.17, 15) is 4.79 Å². The van der Waals surface area contributed by atoms with Crippen LogP contribution in [0.2, 0.25) is 0 Å². The Morgan fingerprint density at radius 2 is 2.00 bits per heavy atom. The van der Waals surface area contributed by atoms with E-state index in [0.29, 0.717) is 16.5 Å². The van der Waals surface area contributed by atoms with Crippen LogP contribution in [0.4, 0.5) is 5.69 Å². The Morgan fingerprint density at radius 3 is 2.70 bits per heavy atom. The van der Waals surface area contributed by atoms with Crippen LogP contribution in [-0.4, -0.2) is 16.4 Å². The second-order valence-electron chi connectivity index (χ2n) is 8.35. The number of carbonyl (C=O) groups is 1. The number of pyridine rings is 1. The summed E-state index contributed by atoms with van der Waals surface area (Å²) in [5.41, 5.74) is 10.4. The van der Waals surface area contributed by atoms with E-state index in [2.05, 4.69) is 41.7 Å². The van der Waals surface area contributed by atoms with Crippen molar-refractivity contribution < 1.29 is 4.79 Å². The second kappa shape index (κ2) is 6.64. The molecule has 0 saturated carbocycles. The summed E-state index contributed by atoms with van der Waals surface area (Å²) in [7, 11) is 0. The minimum atomic E-state index is -0.296. The number of nitrogens with one attached hydrogen (secondary N) is 1. The Bertz CT molecular complexity index is 1000. The molecule has 2 heterocycles. The van der Waals surface area contributed by atoms with Crippen LogP contribution in [0.25, 0.3) is 10.2 Å². The molecule has 1 amide bonds. The first kappa shape index (κ1) is 18.0. The van der Waals surface area contributed by atoms with E-state index in [-0.39, 0.29) is 11.4 Å². The van der Waals surface area contributed by atoms with Crippen molar-refractivity contribution in [2.24, 2.45) is 0 Å². The number of anilines is 1. The highest BCUT2D eigenvalue weighted by atomic mass is 32.1. The average molecular weight is 380 g/mol. The molecule has 1 aliphatic carbocycles. The van der Waals surface area contributed by atoms with Gasteiger partial charge in [-0.1, -0.05) is 30.3 Å². The molecular weight excluding hydrogens is 354 g/mol. The Kier molecular flexibility index (Phi) is 4.42. The number of nitrogens with zero attached hydrogens (tertiary/aromatic N) is 1. The van der Waals surface area contributed by atoms with Crippen molar-refractivity contribution in [3.63, 3.8) is 0 Å². The topological polar surface area (TPSA) is 68.0 Å². The summed E-state index contributed by atoms with van der Waals surface area (Å²) >= 11 is 1.39. The lowest BCUT2D eigenvalue weighted by atomic mass is 9.82. The molecule has 0 aliphatic heterocycles. The van der Waals surface area contributed by atoms with Crippen molar-refractivity contribution in [1.29, 1.82) is 0 Å². The third-order valence-electron chi connectivity index (χ3n) is 5.05. The lowest BCUT2D eigenvalue weighted by Crippen LogP contribution is -2.40. The van der Waals surface area contributed by atoms with E-state index < -0.39 is 0 Å². The summed E-state index contributed by atoms with van der Waals surface area (Å²) in [4.78, 5) is 18.9. The van der Waals surface area contributed by atoms with Crippen molar-refractivity contribution >= 4 is 33.1 Å². The Labute approximate surface area is 163 Å². The van der Waals surface area contributed by atoms with E-state index in [1.54, 1.807) is 0 Å². The predicted molar refractivity (Wildman–Crippen MR) is 112 cm³/mol. The van der Waals surface area contributed by atoms with Gasteiger partial charge in [-0.25, -0.2) is 4.98 Å². The van der Waals surface area contributed by atoms with E-state index >= 15 is 0 Å². The Hall–Kier alpha value is -2.40. The highest BCUT2D eigenvalue weighted by molar-refractivity contribution is 7.21. The number of nitrogen functional groups attached to an aromatic ring is 1. The van der Waals surface area contributed by atoms with Crippen molar-refractivity contribution in [1.82, 2.24) is 10.3 Å². The molecule has 1 aliphatic rings. The van der Waals surface area contributed by atoms with Gasteiger partial charge in [-0.2, -0.15) is 0 Å². The van der Waals surface area contributed by atoms with Gasteiger partial charge in [0.1, 0.15) is 9.71 Å². The summed E-state index contributed by atoms with van der Waals surface area (Å²) < 4.78 is 0. The van der Waals surface area contributed by atoms with E-state index in [1.807, 2.05) is 20.8 Å². The van der Waals surface area contributed by atoms with Crippen LogP contribution in [0.1, 0.15) is 59.6 Å². The molecule has 1 atom stereocenters. The van der Waals surface area contributed by atoms with Gasteiger partial charge in [-0.05, 0) is 63.1 Å². The summed E-state index contributed by atoms with van der Waals surface area (Å²) in [5.74, 6) is 0.393. The summed E-state index contributed by atoms with van der Waals surface area (Å²) in [6.07, 6.45) is 3.04. The van der Waals surface area contributed by atoms with Gasteiger partial charge >= 0.3 is 0 Å². The molecule has 0 bridgehead atoms. The fourth-order valence-corrected chi connectivity index (χ4v) is 4.76. The van der Waals surface area contributed by atoms with E-state index in [1.165, 1.54) is 22.5 Å². The molecule has 5 heteroatoms. The zero-order chi connectivity index (χ0) is 19.2. The minimum Gasteiger partial charge on any atom is -0.397 e. The monoisotopic (exact) mass is 379 g/mol. The highest BCUT2D eigenvalue weighted by Crippen LogP contribution is 2.38. The van der Waals surface area contributed by atoms with E-state index in [4.69, 9.17) is 10.7 Å². The van der Waals surface area contributed by atoms with Crippen LogP contribution in [0.15, 0.2) is 36.4 Å². The molecule has 0 radical (unpaired) electrons. The largest absolute Gasteiger partial charge is 0.397 e. The number of fused-ring (bicyclic) bond motifs is 2. The highest BCUT2D eigenvalue weighted by Gasteiger charge is 2.25. The Morgan fingerprint density at radius 1 is 1.26 bits per heavy atom. The third-order valence-corrected chi connectivity index (χ3v) is 6.17. The van der Waals surface area contributed by atoms with Crippen molar-refractivity contribution in [2.45, 2.75) is 51.5 Å². The standard InChI is InChI=1S/C22H25N3OS/c1-22(2,3)25-20(26)19-18(23)16-12-15-11-14(13-7-5-4-6-8-13)9-10-17(15)24-21(16)27-19/h4-8,12,14H,9-11,23H2,1-3H3,(H,25,26). The number of benzene rings is 1. The quantitative estimate of drug-likeness (QED) is 0.679. The predicted octanol–water partition coefficient (Wildman–Crippen LogP) is 4.68. The lowest BCUT2D eigenvalue weighted by molar-refractivity contribution is 0.0924. The maximum absolute atomic E-state index is 12.6. The van der Waals surface area contributed by atoms with Crippen molar-refractivity contribution in [3.8, 4) is 0 Å². The van der Waals surface area contributed by atoms with Crippen LogP contribution in [0.5, 0.6) is 0 Å². The van der Waals surface area contributed by atoms with Crippen LogP contribution in [-0.2, 0) is 12.8 Å². The van der Waals surface area contributed by atoms with Gasteiger partial charge < -0.3 is 11.1 Å². The molecule has 3 aromatic rings. The maximum atomic E-state index is 12.6. The van der Waals surface area contributed by atoms with Crippen LogP contribution >= 0.6 is 11.3 Å².